The minimum absolute atomic E-state index is 0.0282. The average molecular weight is 299 g/mol. The van der Waals surface area contributed by atoms with Crippen molar-refractivity contribution in [2.24, 2.45) is 0 Å². The number of rotatable bonds is 7. The molecule has 0 aromatic heterocycles. The van der Waals surface area contributed by atoms with Crippen LogP contribution in [0.3, 0.4) is 0 Å². The van der Waals surface area contributed by atoms with Gasteiger partial charge in [-0.1, -0.05) is 6.07 Å². The molecule has 0 unspecified atom stereocenters. The Bertz CT molecular complexity index is 509. The van der Waals surface area contributed by atoms with Crippen molar-refractivity contribution in [3.63, 3.8) is 0 Å². The number of likely N-dealkylation sites (N-methyl/N-ethyl adjacent to an activating group) is 1. The number of hydrogen-bond acceptors (Lipinski definition) is 3. The van der Waals surface area contributed by atoms with Crippen molar-refractivity contribution in [3.05, 3.63) is 35.4 Å². The molecule has 0 aliphatic heterocycles. The van der Waals surface area contributed by atoms with E-state index < -0.39 is 11.6 Å². The van der Waals surface area contributed by atoms with E-state index in [4.69, 9.17) is 0 Å². The van der Waals surface area contributed by atoms with Gasteiger partial charge in [0.2, 0.25) is 11.8 Å². The van der Waals surface area contributed by atoms with Crippen LogP contribution in [-0.2, 0) is 9.59 Å². The van der Waals surface area contributed by atoms with Crippen molar-refractivity contribution in [3.8, 4) is 0 Å². The Hall–Kier alpha value is -2.02. The third kappa shape index (κ3) is 5.86. The molecule has 0 fully saturated rings. The molecule has 0 bridgehead atoms. The number of amides is 2. The van der Waals surface area contributed by atoms with Gasteiger partial charge in [-0.15, -0.1) is 0 Å². The lowest BCUT2D eigenvalue weighted by Crippen LogP contribution is -2.41. The van der Waals surface area contributed by atoms with Crippen LogP contribution < -0.4 is 16.0 Å². The van der Waals surface area contributed by atoms with Gasteiger partial charge in [-0.3, -0.25) is 9.59 Å². The van der Waals surface area contributed by atoms with Crippen LogP contribution >= 0.6 is 0 Å². The summed E-state index contributed by atoms with van der Waals surface area (Å²) in [5.41, 5.74) is 0.533. The van der Waals surface area contributed by atoms with Crippen LogP contribution in [0, 0.1) is 11.6 Å². The van der Waals surface area contributed by atoms with Gasteiger partial charge in [0.05, 0.1) is 13.1 Å². The fraction of sp³-hybridized carbons (Fsp3) is 0.429. The Morgan fingerprint density at radius 3 is 2.38 bits per heavy atom. The molecule has 0 spiro atoms. The van der Waals surface area contributed by atoms with Crippen molar-refractivity contribution in [1.29, 1.82) is 0 Å². The zero-order valence-corrected chi connectivity index (χ0v) is 12.0. The fourth-order valence-corrected chi connectivity index (χ4v) is 1.65. The van der Waals surface area contributed by atoms with E-state index in [9.17, 15) is 18.4 Å². The lowest BCUT2D eigenvalue weighted by Gasteiger charge is -2.14. The van der Waals surface area contributed by atoms with E-state index in [0.29, 0.717) is 12.1 Å². The summed E-state index contributed by atoms with van der Waals surface area (Å²) in [5, 5.41) is 7.87. The first-order valence-corrected chi connectivity index (χ1v) is 6.65. The Morgan fingerprint density at radius 1 is 1.10 bits per heavy atom. The zero-order chi connectivity index (χ0) is 15.8. The second-order valence-electron chi connectivity index (χ2n) is 4.51. The molecule has 3 N–H and O–H groups in total. The normalized spacial score (nSPS) is 11.8. The molecule has 1 atom stereocenters. The Morgan fingerprint density at radius 2 is 1.76 bits per heavy atom. The first-order chi connectivity index (χ1) is 9.93. The zero-order valence-electron chi connectivity index (χ0n) is 12.0. The molecule has 0 saturated carbocycles. The van der Waals surface area contributed by atoms with Gasteiger partial charge in [0.1, 0.15) is 0 Å². The number of benzene rings is 1. The van der Waals surface area contributed by atoms with Gasteiger partial charge < -0.3 is 16.0 Å². The first-order valence-electron chi connectivity index (χ1n) is 6.65. The molecule has 0 heterocycles. The summed E-state index contributed by atoms with van der Waals surface area (Å²) < 4.78 is 25.9. The molecular weight excluding hydrogens is 280 g/mol. The maximum Gasteiger partial charge on any atom is 0.239 e. The first kappa shape index (κ1) is 17.0. The van der Waals surface area contributed by atoms with Crippen LogP contribution in [0.15, 0.2) is 18.2 Å². The molecule has 2 amide bonds. The highest BCUT2D eigenvalue weighted by Crippen LogP contribution is 2.15. The summed E-state index contributed by atoms with van der Waals surface area (Å²) >= 11 is 0. The van der Waals surface area contributed by atoms with Gasteiger partial charge in [-0.2, -0.15) is 0 Å². The van der Waals surface area contributed by atoms with Crippen LogP contribution in [-0.4, -0.2) is 31.4 Å². The lowest BCUT2D eigenvalue weighted by molar-refractivity contribution is -0.125. The van der Waals surface area contributed by atoms with Crippen LogP contribution in [0.25, 0.3) is 0 Å². The van der Waals surface area contributed by atoms with Crippen LogP contribution in [0.4, 0.5) is 8.78 Å². The SMILES string of the molecule is CCNC(=O)CNC(=O)CN[C@H](C)c1ccc(F)c(F)c1. The number of halogens is 2. The minimum atomic E-state index is -0.929. The number of carbonyl (C=O) groups excluding carboxylic acids is 2. The van der Waals surface area contributed by atoms with E-state index in [1.54, 1.807) is 13.8 Å². The topological polar surface area (TPSA) is 70.2 Å². The van der Waals surface area contributed by atoms with Gasteiger partial charge >= 0.3 is 0 Å². The predicted molar refractivity (Wildman–Crippen MR) is 74.5 cm³/mol. The highest BCUT2D eigenvalue weighted by molar-refractivity contribution is 5.85. The molecule has 1 aromatic carbocycles. The van der Waals surface area contributed by atoms with Gasteiger partial charge in [-0.25, -0.2) is 8.78 Å². The highest BCUT2D eigenvalue weighted by Gasteiger charge is 2.11. The van der Waals surface area contributed by atoms with Gasteiger partial charge in [-0.05, 0) is 31.5 Å². The molecule has 116 valence electrons. The predicted octanol–water partition coefficient (Wildman–Crippen LogP) is 0.868. The molecule has 0 aliphatic rings. The minimum Gasteiger partial charge on any atom is -0.355 e. The van der Waals surface area contributed by atoms with Gasteiger partial charge in [0, 0.05) is 12.6 Å². The summed E-state index contributed by atoms with van der Waals surface area (Å²) in [6, 6.07) is 3.25. The maximum atomic E-state index is 13.1. The summed E-state index contributed by atoms with van der Waals surface area (Å²) in [5.74, 6) is -2.46. The molecular formula is C14H19F2N3O2. The Balaban J connectivity index is 2.38. The smallest absolute Gasteiger partial charge is 0.239 e. The Labute approximate surface area is 122 Å². The van der Waals surface area contributed by atoms with Crippen molar-refractivity contribution in [2.75, 3.05) is 19.6 Å². The van der Waals surface area contributed by atoms with Crippen LogP contribution in [0.1, 0.15) is 25.5 Å². The van der Waals surface area contributed by atoms with E-state index in [-0.39, 0.29) is 30.9 Å². The molecule has 5 nitrogen and oxygen atoms in total. The number of carbonyl (C=O) groups is 2. The van der Waals surface area contributed by atoms with Crippen molar-refractivity contribution < 1.29 is 18.4 Å². The molecule has 1 aromatic rings. The summed E-state index contributed by atoms with van der Waals surface area (Å²) in [4.78, 5) is 22.7. The second-order valence-corrected chi connectivity index (χ2v) is 4.51. The van der Waals surface area contributed by atoms with E-state index in [1.807, 2.05) is 0 Å². The summed E-state index contributed by atoms with van der Waals surface area (Å²) in [6.45, 7) is 3.89. The quantitative estimate of drug-likeness (QED) is 0.699. The van der Waals surface area contributed by atoms with E-state index >= 15 is 0 Å². The molecule has 0 aliphatic carbocycles. The molecule has 1 rings (SSSR count). The largest absolute Gasteiger partial charge is 0.355 e. The standard InChI is InChI=1S/C14H19F2N3O2/c1-3-17-13(20)8-19-14(21)7-18-9(2)10-4-5-11(15)12(16)6-10/h4-6,9,18H,3,7-8H2,1-2H3,(H,17,20)(H,19,21)/t9-/m1/s1. The second kappa shape index (κ2) is 8.31. The Kier molecular flexibility index (Phi) is 6.74. The monoisotopic (exact) mass is 299 g/mol. The van der Waals surface area contributed by atoms with Crippen LogP contribution in [0.5, 0.6) is 0 Å². The van der Waals surface area contributed by atoms with E-state index in [0.717, 1.165) is 12.1 Å². The van der Waals surface area contributed by atoms with E-state index in [2.05, 4.69) is 16.0 Å². The maximum absolute atomic E-state index is 13.1. The molecule has 0 radical (unpaired) electrons. The van der Waals surface area contributed by atoms with Crippen molar-refractivity contribution >= 4 is 11.8 Å². The van der Waals surface area contributed by atoms with Gasteiger partial charge in [0.25, 0.3) is 0 Å². The molecule has 21 heavy (non-hydrogen) atoms. The van der Waals surface area contributed by atoms with Gasteiger partial charge in [0.15, 0.2) is 11.6 Å². The summed E-state index contributed by atoms with van der Waals surface area (Å²) in [7, 11) is 0. The lowest BCUT2D eigenvalue weighted by atomic mass is 10.1. The molecule has 0 saturated heterocycles. The average Bonchev–Trinajstić information content (AvgIpc) is 2.45. The van der Waals surface area contributed by atoms with Crippen molar-refractivity contribution in [2.45, 2.75) is 19.9 Å². The summed E-state index contributed by atoms with van der Waals surface area (Å²) in [6.07, 6.45) is 0. The van der Waals surface area contributed by atoms with Crippen molar-refractivity contribution in [1.82, 2.24) is 16.0 Å². The number of hydrogen-bond donors (Lipinski definition) is 3. The number of nitrogens with one attached hydrogen (secondary N) is 3. The van der Waals surface area contributed by atoms with Crippen LogP contribution in [0.2, 0.25) is 0 Å². The third-order valence-corrected chi connectivity index (χ3v) is 2.83. The molecule has 7 heteroatoms. The highest BCUT2D eigenvalue weighted by atomic mass is 19.2. The fourth-order valence-electron chi connectivity index (χ4n) is 1.65. The third-order valence-electron chi connectivity index (χ3n) is 2.83. The van der Waals surface area contributed by atoms with E-state index in [1.165, 1.54) is 6.07 Å².